The van der Waals surface area contributed by atoms with Gasteiger partial charge in [-0.1, -0.05) is 36.6 Å². The Morgan fingerprint density at radius 1 is 1.04 bits per heavy atom. The fraction of sp³-hybridized carbons (Fsp3) is 0.609. The summed E-state index contributed by atoms with van der Waals surface area (Å²) < 4.78 is 13.7. The van der Waals surface area contributed by atoms with E-state index in [2.05, 4.69) is 6.08 Å². The Hall–Kier alpha value is -1.33. The van der Waals surface area contributed by atoms with Crippen LogP contribution in [0.25, 0.3) is 0 Å². The molecule has 0 radical (unpaired) electrons. The van der Waals surface area contributed by atoms with Crippen LogP contribution in [0.1, 0.15) is 68.9 Å². The summed E-state index contributed by atoms with van der Waals surface area (Å²) in [6, 6.07) is 6.94. The summed E-state index contributed by atoms with van der Waals surface area (Å²) in [6.07, 6.45) is 15.0. The van der Waals surface area contributed by atoms with E-state index in [0.29, 0.717) is 5.92 Å². The highest BCUT2D eigenvalue weighted by atomic mass is 35.5. The third kappa shape index (κ3) is 5.10. The molecule has 0 atom stereocenters. The summed E-state index contributed by atoms with van der Waals surface area (Å²) in [6.45, 7) is 0. The number of hydrogen-bond donors (Lipinski definition) is 0. The van der Waals surface area contributed by atoms with Crippen molar-refractivity contribution in [2.75, 3.05) is 0 Å². The van der Waals surface area contributed by atoms with Gasteiger partial charge in [0.05, 0.1) is 5.56 Å². The zero-order valence-electron chi connectivity index (χ0n) is 15.5. The molecule has 2 fully saturated rings. The van der Waals surface area contributed by atoms with E-state index < -0.39 is 0 Å². The minimum atomic E-state index is -0.381. The normalized spacial score (nSPS) is 29.6. The van der Waals surface area contributed by atoms with Crippen molar-refractivity contribution in [2.45, 2.75) is 64.2 Å². The maximum Gasteiger partial charge on any atom is 0.141 e. The Morgan fingerprint density at radius 2 is 1.69 bits per heavy atom. The van der Waals surface area contributed by atoms with Crippen molar-refractivity contribution in [1.29, 1.82) is 5.26 Å². The lowest BCUT2D eigenvalue weighted by Gasteiger charge is -2.37. The predicted molar refractivity (Wildman–Crippen MR) is 105 cm³/mol. The van der Waals surface area contributed by atoms with Crippen LogP contribution in [0.2, 0.25) is 0 Å². The van der Waals surface area contributed by atoms with Gasteiger partial charge < -0.3 is 0 Å². The highest BCUT2D eigenvalue weighted by Gasteiger charge is 2.30. The summed E-state index contributed by atoms with van der Waals surface area (Å²) in [7, 11) is 0. The van der Waals surface area contributed by atoms with Crippen LogP contribution in [-0.4, -0.2) is 0 Å². The topological polar surface area (TPSA) is 23.8 Å². The molecular formula is C23H29ClFN. The number of halogens is 2. The lowest BCUT2D eigenvalue weighted by molar-refractivity contribution is 0.153. The third-order valence-electron chi connectivity index (χ3n) is 6.71. The van der Waals surface area contributed by atoms with Gasteiger partial charge in [-0.25, -0.2) is 4.39 Å². The van der Waals surface area contributed by atoms with E-state index in [1.54, 1.807) is 11.6 Å². The smallest absolute Gasteiger partial charge is 0.141 e. The molecule has 1 aromatic rings. The monoisotopic (exact) mass is 373 g/mol. The molecule has 0 aliphatic heterocycles. The number of nitriles is 1. The minimum absolute atomic E-state index is 0.144. The molecule has 0 aromatic heterocycles. The molecule has 0 bridgehead atoms. The Kier molecular flexibility index (Phi) is 7.15. The summed E-state index contributed by atoms with van der Waals surface area (Å²) in [4.78, 5) is 0. The molecule has 2 aliphatic rings. The molecule has 0 heterocycles. The Balaban J connectivity index is 1.40. The molecule has 2 saturated carbocycles. The van der Waals surface area contributed by atoms with Crippen LogP contribution in [0.4, 0.5) is 4.39 Å². The second kappa shape index (κ2) is 9.56. The van der Waals surface area contributed by atoms with Crippen LogP contribution in [0.15, 0.2) is 29.8 Å². The highest BCUT2D eigenvalue weighted by Crippen LogP contribution is 2.42. The van der Waals surface area contributed by atoms with Crippen molar-refractivity contribution in [3.63, 3.8) is 0 Å². The van der Waals surface area contributed by atoms with E-state index in [1.165, 1.54) is 57.4 Å². The molecule has 26 heavy (non-hydrogen) atoms. The van der Waals surface area contributed by atoms with Crippen molar-refractivity contribution in [3.8, 4) is 6.07 Å². The molecule has 0 N–H and O–H groups in total. The minimum Gasteiger partial charge on any atom is -0.206 e. The number of nitrogens with zero attached hydrogens (tertiary/aromatic N) is 1. The molecule has 0 saturated heterocycles. The fourth-order valence-electron chi connectivity index (χ4n) is 5.04. The second-order valence-electron chi connectivity index (χ2n) is 8.24. The van der Waals surface area contributed by atoms with E-state index in [4.69, 9.17) is 16.9 Å². The van der Waals surface area contributed by atoms with Crippen LogP contribution in [0, 0.1) is 40.8 Å². The first-order valence-electron chi connectivity index (χ1n) is 10.1. The third-order valence-corrected chi connectivity index (χ3v) is 6.86. The first-order chi connectivity index (χ1) is 12.7. The molecule has 2 aliphatic carbocycles. The van der Waals surface area contributed by atoms with Gasteiger partial charge >= 0.3 is 0 Å². The summed E-state index contributed by atoms with van der Waals surface area (Å²) in [5.74, 6) is 2.93. The average molecular weight is 374 g/mol. The van der Waals surface area contributed by atoms with E-state index >= 15 is 0 Å². The SMILES string of the molecule is N#Cc1ccc(CCC2CCC(C3CCC(C=CCl)CC3)CC2)cc1F. The van der Waals surface area contributed by atoms with Gasteiger partial charge in [-0.2, -0.15) is 5.26 Å². The first-order valence-corrected chi connectivity index (χ1v) is 10.6. The van der Waals surface area contributed by atoms with Gasteiger partial charge in [0.2, 0.25) is 0 Å². The summed E-state index contributed by atoms with van der Waals surface area (Å²) in [5.41, 5.74) is 2.86. The van der Waals surface area contributed by atoms with Gasteiger partial charge in [-0.15, -0.1) is 0 Å². The van der Waals surface area contributed by atoms with Crippen LogP contribution in [0.5, 0.6) is 0 Å². The zero-order chi connectivity index (χ0) is 18.4. The quantitative estimate of drug-likeness (QED) is 0.545. The number of rotatable bonds is 5. The molecular weight excluding hydrogens is 345 g/mol. The number of allylic oxidation sites excluding steroid dienone is 1. The molecule has 0 unspecified atom stereocenters. The van der Waals surface area contributed by atoms with Crippen molar-refractivity contribution in [2.24, 2.45) is 23.7 Å². The molecule has 1 aromatic carbocycles. The van der Waals surface area contributed by atoms with Crippen molar-refractivity contribution in [3.05, 3.63) is 46.8 Å². The Bertz CT molecular complexity index is 647. The molecule has 0 spiro atoms. The second-order valence-corrected chi connectivity index (χ2v) is 8.49. The molecule has 3 rings (SSSR count). The van der Waals surface area contributed by atoms with Crippen molar-refractivity contribution >= 4 is 11.6 Å². The van der Waals surface area contributed by atoms with Crippen LogP contribution in [0.3, 0.4) is 0 Å². The lowest BCUT2D eigenvalue weighted by atomic mass is 9.68. The molecule has 1 nitrogen and oxygen atoms in total. The average Bonchev–Trinajstić information content (AvgIpc) is 2.68. The Morgan fingerprint density at radius 3 is 2.27 bits per heavy atom. The zero-order valence-corrected chi connectivity index (χ0v) is 16.2. The summed E-state index contributed by atoms with van der Waals surface area (Å²) in [5, 5.41) is 8.82. The maximum atomic E-state index is 13.7. The van der Waals surface area contributed by atoms with Crippen molar-refractivity contribution < 1.29 is 4.39 Å². The van der Waals surface area contributed by atoms with Gasteiger partial charge in [-0.05, 0) is 92.7 Å². The van der Waals surface area contributed by atoms with E-state index in [9.17, 15) is 4.39 Å². The first kappa shape index (κ1) is 19.4. The number of aryl methyl sites for hydroxylation is 1. The van der Waals surface area contributed by atoms with Crippen molar-refractivity contribution in [1.82, 2.24) is 0 Å². The standard InChI is InChI=1S/C23H29ClFN/c24-14-13-18-5-10-21(11-6-18)20-8-3-17(4-9-20)1-2-19-7-12-22(16-26)23(25)15-19/h7,12-15,17-18,20-21H,1-6,8-11H2. The van der Waals surface area contributed by atoms with Gasteiger partial charge in [0.1, 0.15) is 11.9 Å². The molecule has 140 valence electrons. The van der Waals surface area contributed by atoms with Crippen LogP contribution >= 0.6 is 11.6 Å². The number of benzene rings is 1. The lowest BCUT2D eigenvalue weighted by Crippen LogP contribution is -2.25. The number of hydrogen-bond acceptors (Lipinski definition) is 1. The highest BCUT2D eigenvalue weighted by molar-refractivity contribution is 6.25. The fourth-order valence-corrected chi connectivity index (χ4v) is 5.24. The molecule has 3 heteroatoms. The predicted octanol–water partition coefficient (Wildman–Crippen LogP) is 7.00. The van der Waals surface area contributed by atoms with Crippen LogP contribution in [-0.2, 0) is 6.42 Å². The Labute approximate surface area is 162 Å². The van der Waals surface area contributed by atoms with Gasteiger partial charge in [0.25, 0.3) is 0 Å². The maximum absolute atomic E-state index is 13.7. The van der Waals surface area contributed by atoms with Gasteiger partial charge in [-0.3, -0.25) is 0 Å². The van der Waals surface area contributed by atoms with Gasteiger partial charge in [0.15, 0.2) is 0 Å². The largest absolute Gasteiger partial charge is 0.206 e. The summed E-state index contributed by atoms with van der Waals surface area (Å²) >= 11 is 5.72. The van der Waals surface area contributed by atoms with E-state index in [1.807, 2.05) is 12.1 Å². The van der Waals surface area contributed by atoms with E-state index in [0.717, 1.165) is 36.2 Å². The van der Waals surface area contributed by atoms with Gasteiger partial charge in [0, 0.05) is 5.54 Å². The van der Waals surface area contributed by atoms with Crippen LogP contribution < -0.4 is 0 Å². The van der Waals surface area contributed by atoms with E-state index in [-0.39, 0.29) is 11.4 Å². The molecule has 0 amide bonds.